The van der Waals surface area contributed by atoms with E-state index in [9.17, 15) is 0 Å². The van der Waals surface area contributed by atoms with Crippen LogP contribution in [-0.4, -0.2) is 32.5 Å². The second-order valence-corrected chi connectivity index (χ2v) is 4.55. The molecular formula is C12H26N2O2. The van der Waals surface area contributed by atoms with Gasteiger partial charge in [-0.1, -0.05) is 19.3 Å². The molecule has 3 N–H and O–H groups in total. The molecule has 0 aromatic rings. The summed E-state index contributed by atoms with van der Waals surface area (Å²) in [6, 6.07) is 0.105. The normalized spacial score (nSPS) is 21.9. The predicted molar refractivity (Wildman–Crippen MR) is 65.0 cm³/mol. The van der Waals surface area contributed by atoms with Gasteiger partial charge in [-0.3, -0.25) is 11.3 Å². The SMILES string of the molecule is CCOC(C1CCCCC1)C(COC)NN. The molecule has 1 fully saturated rings. The second-order valence-electron chi connectivity index (χ2n) is 4.55. The smallest absolute Gasteiger partial charge is 0.0791 e. The van der Waals surface area contributed by atoms with E-state index in [1.54, 1.807) is 7.11 Å². The molecular weight excluding hydrogens is 204 g/mol. The number of hydrogen-bond donors (Lipinski definition) is 2. The van der Waals surface area contributed by atoms with E-state index >= 15 is 0 Å². The quantitative estimate of drug-likeness (QED) is 0.513. The fourth-order valence-electron chi connectivity index (χ4n) is 2.65. The first kappa shape index (κ1) is 13.9. The second kappa shape index (κ2) is 8.01. The zero-order chi connectivity index (χ0) is 11.8. The summed E-state index contributed by atoms with van der Waals surface area (Å²) in [6.07, 6.45) is 6.70. The molecule has 0 radical (unpaired) electrons. The van der Waals surface area contributed by atoms with E-state index in [1.165, 1.54) is 32.1 Å². The Morgan fingerprint density at radius 3 is 2.50 bits per heavy atom. The molecule has 0 saturated heterocycles. The molecule has 2 unspecified atom stereocenters. The Labute approximate surface area is 98.8 Å². The topological polar surface area (TPSA) is 56.5 Å². The molecule has 96 valence electrons. The first-order chi connectivity index (χ1) is 7.83. The molecule has 1 aliphatic carbocycles. The molecule has 4 nitrogen and oxygen atoms in total. The average molecular weight is 230 g/mol. The fraction of sp³-hybridized carbons (Fsp3) is 1.00. The Bertz CT molecular complexity index is 168. The third kappa shape index (κ3) is 4.01. The van der Waals surface area contributed by atoms with Crippen LogP contribution in [0.3, 0.4) is 0 Å². The Kier molecular flexibility index (Phi) is 6.96. The van der Waals surface area contributed by atoms with E-state index in [0.29, 0.717) is 12.5 Å². The van der Waals surface area contributed by atoms with Gasteiger partial charge in [0.2, 0.25) is 0 Å². The molecule has 4 heteroatoms. The summed E-state index contributed by atoms with van der Waals surface area (Å²) in [7, 11) is 1.70. The van der Waals surface area contributed by atoms with Gasteiger partial charge in [0, 0.05) is 13.7 Å². The van der Waals surface area contributed by atoms with Crippen molar-refractivity contribution in [2.45, 2.75) is 51.2 Å². The maximum atomic E-state index is 5.86. The number of nitrogens with two attached hydrogens (primary N) is 1. The molecule has 1 aliphatic rings. The van der Waals surface area contributed by atoms with Crippen molar-refractivity contribution in [3.05, 3.63) is 0 Å². The third-order valence-electron chi connectivity index (χ3n) is 3.43. The minimum Gasteiger partial charge on any atom is -0.383 e. The maximum absolute atomic E-state index is 5.86. The fourth-order valence-corrected chi connectivity index (χ4v) is 2.65. The summed E-state index contributed by atoms with van der Waals surface area (Å²) < 4.78 is 11.1. The van der Waals surface area contributed by atoms with Gasteiger partial charge in [0.05, 0.1) is 18.8 Å². The van der Waals surface area contributed by atoms with Crippen molar-refractivity contribution in [2.24, 2.45) is 11.8 Å². The van der Waals surface area contributed by atoms with Crippen molar-refractivity contribution in [1.82, 2.24) is 5.43 Å². The summed E-state index contributed by atoms with van der Waals surface area (Å²) in [5.41, 5.74) is 2.84. The first-order valence-corrected chi connectivity index (χ1v) is 6.40. The molecule has 2 atom stereocenters. The Morgan fingerprint density at radius 2 is 2.00 bits per heavy atom. The van der Waals surface area contributed by atoms with E-state index in [4.69, 9.17) is 15.3 Å². The van der Waals surface area contributed by atoms with E-state index in [2.05, 4.69) is 5.43 Å². The number of rotatable bonds is 7. The van der Waals surface area contributed by atoms with Crippen molar-refractivity contribution in [3.8, 4) is 0 Å². The summed E-state index contributed by atoms with van der Waals surface area (Å²) in [6.45, 7) is 3.39. The van der Waals surface area contributed by atoms with Crippen molar-refractivity contribution in [2.75, 3.05) is 20.3 Å². The Morgan fingerprint density at radius 1 is 1.31 bits per heavy atom. The van der Waals surface area contributed by atoms with Crippen molar-refractivity contribution < 1.29 is 9.47 Å². The maximum Gasteiger partial charge on any atom is 0.0791 e. The molecule has 0 aliphatic heterocycles. The molecule has 0 heterocycles. The number of hydrogen-bond acceptors (Lipinski definition) is 4. The summed E-state index contributed by atoms with van der Waals surface area (Å²) in [5, 5.41) is 0. The van der Waals surface area contributed by atoms with Gasteiger partial charge in [-0.25, -0.2) is 0 Å². The van der Waals surface area contributed by atoms with Crippen LogP contribution in [0.5, 0.6) is 0 Å². The highest BCUT2D eigenvalue weighted by Gasteiger charge is 2.30. The molecule has 0 bridgehead atoms. The molecule has 1 saturated carbocycles. The lowest BCUT2D eigenvalue weighted by molar-refractivity contribution is -0.0346. The van der Waals surface area contributed by atoms with Gasteiger partial charge >= 0.3 is 0 Å². The van der Waals surface area contributed by atoms with Gasteiger partial charge in [0.25, 0.3) is 0 Å². The lowest BCUT2D eigenvalue weighted by atomic mass is 9.82. The van der Waals surface area contributed by atoms with Gasteiger partial charge in [-0.15, -0.1) is 0 Å². The standard InChI is InChI=1S/C12H26N2O2/c1-3-16-12(11(14-13)9-15-2)10-7-5-4-6-8-10/h10-12,14H,3-9,13H2,1-2H3. The van der Waals surface area contributed by atoms with Crippen LogP contribution in [0.25, 0.3) is 0 Å². The minimum absolute atomic E-state index is 0.105. The van der Waals surface area contributed by atoms with E-state index in [-0.39, 0.29) is 12.1 Å². The van der Waals surface area contributed by atoms with Crippen LogP contribution >= 0.6 is 0 Å². The number of ether oxygens (including phenoxy) is 2. The first-order valence-electron chi connectivity index (χ1n) is 6.40. The lowest BCUT2D eigenvalue weighted by Crippen LogP contribution is -2.51. The summed E-state index contributed by atoms with van der Waals surface area (Å²) >= 11 is 0. The summed E-state index contributed by atoms with van der Waals surface area (Å²) in [4.78, 5) is 0. The highest BCUT2D eigenvalue weighted by atomic mass is 16.5. The zero-order valence-electron chi connectivity index (χ0n) is 10.6. The number of methoxy groups -OCH3 is 1. The molecule has 1 rings (SSSR count). The molecule has 0 aromatic heterocycles. The number of nitrogens with one attached hydrogen (secondary N) is 1. The van der Waals surface area contributed by atoms with E-state index in [1.807, 2.05) is 6.92 Å². The van der Waals surface area contributed by atoms with Crippen LogP contribution < -0.4 is 11.3 Å². The largest absolute Gasteiger partial charge is 0.383 e. The number of hydrazine groups is 1. The zero-order valence-corrected chi connectivity index (χ0v) is 10.6. The van der Waals surface area contributed by atoms with Crippen LogP contribution in [0.2, 0.25) is 0 Å². The van der Waals surface area contributed by atoms with Crippen molar-refractivity contribution in [3.63, 3.8) is 0 Å². The average Bonchev–Trinajstić information content (AvgIpc) is 2.35. The van der Waals surface area contributed by atoms with Crippen LogP contribution in [0.1, 0.15) is 39.0 Å². The minimum atomic E-state index is 0.105. The third-order valence-corrected chi connectivity index (χ3v) is 3.43. The van der Waals surface area contributed by atoms with Gasteiger partial charge < -0.3 is 9.47 Å². The molecule has 16 heavy (non-hydrogen) atoms. The predicted octanol–water partition coefficient (Wildman–Crippen LogP) is 1.45. The van der Waals surface area contributed by atoms with E-state index < -0.39 is 0 Å². The molecule has 0 spiro atoms. The van der Waals surface area contributed by atoms with Crippen LogP contribution in [0.15, 0.2) is 0 Å². The van der Waals surface area contributed by atoms with Gasteiger partial charge in [0.15, 0.2) is 0 Å². The van der Waals surface area contributed by atoms with Crippen molar-refractivity contribution >= 4 is 0 Å². The van der Waals surface area contributed by atoms with Gasteiger partial charge in [-0.2, -0.15) is 0 Å². The molecule has 0 aromatic carbocycles. The van der Waals surface area contributed by atoms with Crippen LogP contribution in [0.4, 0.5) is 0 Å². The van der Waals surface area contributed by atoms with E-state index in [0.717, 1.165) is 6.61 Å². The van der Waals surface area contributed by atoms with Crippen LogP contribution in [-0.2, 0) is 9.47 Å². The van der Waals surface area contributed by atoms with Crippen LogP contribution in [0, 0.1) is 5.92 Å². The summed E-state index contributed by atoms with van der Waals surface area (Å²) in [5.74, 6) is 6.22. The lowest BCUT2D eigenvalue weighted by Gasteiger charge is -2.35. The Balaban J connectivity index is 2.54. The Hall–Kier alpha value is -0.160. The van der Waals surface area contributed by atoms with Gasteiger partial charge in [-0.05, 0) is 25.7 Å². The highest BCUT2D eigenvalue weighted by Crippen LogP contribution is 2.29. The van der Waals surface area contributed by atoms with Gasteiger partial charge in [0.1, 0.15) is 0 Å². The molecule has 0 amide bonds. The highest BCUT2D eigenvalue weighted by molar-refractivity contribution is 4.83. The van der Waals surface area contributed by atoms with Crippen molar-refractivity contribution in [1.29, 1.82) is 0 Å². The monoisotopic (exact) mass is 230 g/mol.